The lowest BCUT2D eigenvalue weighted by Gasteiger charge is -2.33. The Labute approximate surface area is 124 Å². The smallest absolute Gasteiger partial charge is 0.238 e. The summed E-state index contributed by atoms with van der Waals surface area (Å²) in [6, 6.07) is 9.06. The molecule has 1 aromatic rings. The highest BCUT2D eigenvalue weighted by atomic mass is 32.2. The Morgan fingerprint density at radius 3 is 2.80 bits per heavy atom. The fourth-order valence-electron chi connectivity index (χ4n) is 2.48. The van der Waals surface area contributed by atoms with Crippen LogP contribution in [0.1, 0.15) is 19.4 Å². The molecule has 1 heterocycles. The van der Waals surface area contributed by atoms with Crippen molar-refractivity contribution in [3.8, 4) is 6.07 Å². The van der Waals surface area contributed by atoms with Gasteiger partial charge in [0.1, 0.15) is 0 Å². The van der Waals surface area contributed by atoms with E-state index in [0.717, 1.165) is 13.1 Å². The quantitative estimate of drug-likeness (QED) is 0.928. The molecule has 0 saturated carbocycles. The summed E-state index contributed by atoms with van der Waals surface area (Å²) in [6.45, 7) is 6.69. The minimum absolute atomic E-state index is 0.0219. The minimum Gasteiger partial charge on any atom is -0.325 e. The van der Waals surface area contributed by atoms with Gasteiger partial charge in [0.25, 0.3) is 0 Å². The van der Waals surface area contributed by atoms with Gasteiger partial charge in [-0.25, -0.2) is 0 Å². The largest absolute Gasteiger partial charge is 0.325 e. The van der Waals surface area contributed by atoms with Gasteiger partial charge in [0.05, 0.1) is 18.2 Å². The molecule has 1 aromatic carbocycles. The van der Waals surface area contributed by atoms with Crippen molar-refractivity contribution in [2.75, 3.05) is 25.0 Å². The van der Waals surface area contributed by atoms with Gasteiger partial charge in [-0.05, 0) is 18.2 Å². The van der Waals surface area contributed by atoms with E-state index in [-0.39, 0.29) is 5.91 Å². The molecule has 20 heavy (non-hydrogen) atoms. The van der Waals surface area contributed by atoms with Crippen molar-refractivity contribution in [3.05, 3.63) is 29.8 Å². The Kier molecular flexibility index (Phi) is 5.05. The first-order valence-corrected chi connectivity index (χ1v) is 7.69. The molecule has 0 aromatic heterocycles. The number of anilines is 1. The monoisotopic (exact) mass is 289 g/mol. The topological polar surface area (TPSA) is 56.1 Å². The SMILES string of the molecule is CC1CN(CC(=O)Nc2cccc(C#N)c2)CC(C)S1. The van der Waals surface area contributed by atoms with Crippen LogP contribution in [0, 0.1) is 11.3 Å². The highest BCUT2D eigenvalue weighted by Gasteiger charge is 2.23. The molecule has 1 aliphatic heterocycles. The lowest BCUT2D eigenvalue weighted by Crippen LogP contribution is -2.44. The lowest BCUT2D eigenvalue weighted by molar-refractivity contribution is -0.117. The van der Waals surface area contributed by atoms with E-state index in [1.54, 1.807) is 24.3 Å². The Balaban J connectivity index is 1.90. The van der Waals surface area contributed by atoms with Gasteiger partial charge in [-0.2, -0.15) is 17.0 Å². The maximum atomic E-state index is 12.1. The molecular weight excluding hydrogens is 270 g/mol. The second-order valence-corrected chi connectivity index (χ2v) is 7.07. The van der Waals surface area contributed by atoms with Gasteiger partial charge >= 0.3 is 0 Å². The van der Waals surface area contributed by atoms with Crippen molar-refractivity contribution in [1.29, 1.82) is 5.26 Å². The third-order valence-electron chi connectivity index (χ3n) is 3.14. The summed E-state index contributed by atoms with van der Waals surface area (Å²) < 4.78 is 0. The van der Waals surface area contributed by atoms with Crippen molar-refractivity contribution in [3.63, 3.8) is 0 Å². The summed E-state index contributed by atoms with van der Waals surface area (Å²) >= 11 is 1.97. The van der Waals surface area contributed by atoms with Crippen LogP contribution in [0.15, 0.2) is 24.3 Å². The zero-order valence-corrected chi connectivity index (χ0v) is 12.6. The highest BCUT2D eigenvalue weighted by molar-refractivity contribution is 8.00. The number of hydrogen-bond acceptors (Lipinski definition) is 4. The summed E-state index contributed by atoms with van der Waals surface area (Å²) in [4.78, 5) is 14.2. The summed E-state index contributed by atoms with van der Waals surface area (Å²) in [6.07, 6.45) is 0. The highest BCUT2D eigenvalue weighted by Crippen LogP contribution is 2.24. The van der Waals surface area contributed by atoms with Crippen molar-refractivity contribution in [2.45, 2.75) is 24.3 Å². The molecule has 1 saturated heterocycles. The van der Waals surface area contributed by atoms with Crippen LogP contribution in [-0.4, -0.2) is 40.9 Å². The van der Waals surface area contributed by atoms with E-state index >= 15 is 0 Å². The molecule has 1 amide bonds. The fraction of sp³-hybridized carbons (Fsp3) is 0.467. The summed E-state index contributed by atoms with van der Waals surface area (Å²) in [7, 11) is 0. The van der Waals surface area contributed by atoms with Gasteiger partial charge < -0.3 is 5.32 Å². The molecule has 0 aliphatic carbocycles. The number of amides is 1. The van der Waals surface area contributed by atoms with Gasteiger partial charge in [-0.15, -0.1) is 0 Å². The second kappa shape index (κ2) is 6.78. The van der Waals surface area contributed by atoms with Gasteiger partial charge in [0.15, 0.2) is 0 Å². The van der Waals surface area contributed by atoms with E-state index in [1.807, 2.05) is 11.8 Å². The molecule has 2 unspecified atom stereocenters. The maximum Gasteiger partial charge on any atom is 0.238 e. The van der Waals surface area contributed by atoms with E-state index in [0.29, 0.717) is 28.3 Å². The van der Waals surface area contributed by atoms with Crippen LogP contribution >= 0.6 is 11.8 Å². The van der Waals surface area contributed by atoms with E-state index in [4.69, 9.17) is 5.26 Å². The van der Waals surface area contributed by atoms with E-state index < -0.39 is 0 Å². The Hall–Kier alpha value is -1.51. The van der Waals surface area contributed by atoms with Crippen LogP contribution in [0.2, 0.25) is 0 Å². The summed E-state index contributed by atoms with van der Waals surface area (Å²) in [5.74, 6) is -0.0219. The lowest BCUT2D eigenvalue weighted by atomic mass is 10.2. The third kappa shape index (κ3) is 4.26. The molecule has 1 aliphatic rings. The van der Waals surface area contributed by atoms with E-state index in [9.17, 15) is 4.79 Å². The van der Waals surface area contributed by atoms with Crippen molar-refractivity contribution < 1.29 is 4.79 Å². The summed E-state index contributed by atoms with van der Waals surface area (Å²) in [5, 5.41) is 12.8. The molecule has 0 radical (unpaired) electrons. The van der Waals surface area contributed by atoms with E-state index in [2.05, 4.69) is 30.1 Å². The number of benzene rings is 1. The Morgan fingerprint density at radius 2 is 2.15 bits per heavy atom. The van der Waals surface area contributed by atoms with E-state index in [1.165, 1.54) is 0 Å². The van der Waals surface area contributed by atoms with Crippen molar-refractivity contribution in [2.24, 2.45) is 0 Å². The first-order chi connectivity index (χ1) is 9.56. The molecule has 1 fully saturated rings. The van der Waals surface area contributed by atoms with Gasteiger partial charge in [-0.1, -0.05) is 19.9 Å². The number of carbonyl (C=O) groups is 1. The summed E-state index contributed by atoms with van der Waals surface area (Å²) in [5.41, 5.74) is 1.24. The first-order valence-electron chi connectivity index (χ1n) is 6.74. The minimum atomic E-state index is -0.0219. The van der Waals surface area contributed by atoms with Crippen molar-refractivity contribution in [1.82, 2.24) is 4.90 Å². The number of nitriles is 1. The number of rotatable bonds is 3. The van der Waals surface area contributed by atoms with Crippen LogP contribution in [0.4, 0.5) is 5.69 Å². The number of thioether (sulfide) groups is 1. The van der Waals surface area contributed by atoms with Crippen LogP contribution in [0.5, 0.6) is 0 Å². The molecule has 1 N–H and O–H groups in total. The molecule has 4 nitrogen and oxygen atoms in total. The molecule has 5 heteroatoms. The number of nitrogens with zero attached hydrogens (tertiary/aromatic N) is 2. The average Bonchev–Trinajstić information content (AvgIpc) is 2.37. The zero-order chi connectivity index (χ0) is 14.5. The molecular formula is C15H19N3OS. The number of carbonyl (C=O) groups excluding carboxylic acids is 1. The first kappa shape index (κ1) is 14.9. The van der Waals surface area contributed by atoms with Crippen LogP contribution in [-0.2, 0) is 4.79 Å². The normalized spacial score (nSPS) is 23.1. The Morgan fingerprint density at radius 1 is 1.45 bits per heavy atom. The fourth-order valence-corrected chi connectivity index (χ4v) is 3.87. The van der Waals surface area contributed by atoms with Gasteiger partial charge in [-0.3, -0.25) is 9.69 Å². The molecule has 0 spiro atoms. The van der Waals surface area contributed by atoms with Crippen LogP contribution in [0.25, 0.3) is 0 Å². The predicted molar refractivity (Wildman–Crippen MR) is 82.7 cm³/mol. The van der Waals surface area contributed by atoms with Crippen LogP contribution < -0.4 is 5.32 Å². The molecule has 2 atom stereocenters. The number of hydrogen-bond donors (Lipinski definition) is 1. The average molecular weight is 289 g/mol. The Bertz CT molecular complexity index is 516. The maximum absolute atomic E-state index is 12.1. The molecule has 106 valence electrons. The third-order valence-corrected chi connectivity index (χ3v) is 4.37. The van der Waals surface area contributed by atoms with Gasteiger partial charge in [0.2, 0.25) is 5.91 Å². The standard InChI is InChI=1S/C15H19N3OS/c1-11-8-18(9-12(2)20-11)10-15(19)17-14-5-3-4-13(6-14)7-16/h3-6,11-12H,8-10H2,1-2H3,(H,17,19). The number of nitrogens with one attached hydrogen (secondary N) is 1. The molecule has 2 rings (SSSR count). The van der Waals surface area contributed by atoms with Crippen molar-refractivity contribution >= 4 is 23.4 Å². The second-order valence-electron chi connectivity index (χ2n) is 5.19. The molecule has 0 bridgehead atoms. The zero-order valence-electron chi connectivity index (χ0n) is 11.8. The van der Waals surface area contributed by atoms with Gasteiger partial charge in [0, 0.05) is 29.3 Å². The predicted octanol–water partition coefficient (Wildman–Crippen LogP) is 2.32. The van der Waals surface area contributed by atoms with Crippen LogP contribution in [0.3, 0.4) is 0 Å².